The number of carboxylic acid groups (broad SMARTS) is 1. The summed E-state index contributed by atoms with van der Waals surface area (Å²) in [6.45, 7) is 0.214. The molecule has 9 heteroatoms. The first-order valence-electron chi connectivity index (χ1n) is 9.69. The van der Waals surface area contributed by atoms with Gasteiger partial charge in [0, 0.05) is 27.6 Å². The number of halogens is 4. The molecule has 0 spiro atoms. The maximum Gasteiger partial charge on any atom is 0.331 e. The van der Waals surface area contributed by atoms with Gasteiger partial charge in [-0.05, 0) is 53.6 Å². The second-order valence-electron chi connectivity index (χ2n) is 7.14. The van der Waals surface area contributed by atoms with Crippen molar-refractivity contribution in [3.05, 3.63) is 90.9 Å². The standard InChI is InChI=1S/C24H16Cl4O5/c25-17-2-1-3-18(26)16(17)11-31-23-19(27)8-14(9-20(23)28)7-15(24(29)30)6-13-4-5-21-22(10-13)33-12-32-21/h1-5,7-10H,6,11-12H2,(H,29,30)/b15-7-. The van der Waals surface area contributed by atoms with Crippen LogP contribution in [0.15, 0.2) is 54.1 Å². The van der Waals surface area contributed by atoms with Gasteiger partial charge >= 0.3 is 5.97 Å². The summed E-state index contributed by atoms with van der Waals surface area (Å²) in [5, 5.41) is 11.1. The number of fused-ring (bicyclic) bond motifs is 1. The lowest BCUT2D eigenvalue weighted by Crippen LogP contribution is -2.04. The molecular formula is C24H16Cl4O5. The average molecular weight is 526 g/mol. The van der Waals surface area contributed by atoms with E-state index < -0.39 is 5.97 Å². The number of hydrogen-bond acceptors (Lipinski definition) is 4. The number of benzene rings is 3. The summed E-state index contributed by atoms with van der Waals surface area (Å²) in [7, 11) is 0. The summed E-state index contributed by atoms with van der Waals surface area (Å²) in [6, 6.07) is 13.6. The van der Waals surface area contributed by atoms with Crippen LogP contribution >= 0.6 is 46.4 Å². The van der Waals surface area contributed by atoms with Crippen LogP contribution in [-0.4, -0.2) is 17.9 Å². The number of ether oxygens (including phenoxy) is 3. The molecule has 0 aromatic heterocycles. The van der Waals surface area contributed by atoms with Crippen LogP contribution in [0, 0.1) is 0 Å². The molecule has 1 aliphatic heterocycles. The largest absolute Gasteiger partial charge is 0.486 e. The summed E-state index contributed by atoms with van der Waals surface area (Å²) in [6.07, 6.45) is 1.68. The fraction of sp³-hybridized carbons (Fsp3) is 0.125. The fourth-order valence-corrected chi connectivity index (χ4v) is 4.40. The SMILES string of the molecule is O=C(O)/C(=C\c1cc(Cl)c(OCc2c(Cl)cccc2Cl)c(Cl)c1)Cc1ccc2c(c1)OCO2. The van der Waals surface area contributed by atoms with E-state index in [2.05, 4.69) is 0 Å². The van der Waals surface area contributed by atoms with Crippen LogP contribution in [0.2, 0.25) is 20.1 Å². The molecule has 0 bridgehead atoms. The van der Waals surface area contributed by atoms with E-state index in [1.54, 1.807) is 48.5 Å². The lowest BCUT2D eigenvalue weighted by Gasteiger charge is -2.13. The molecule has 4 rings (SSSR count). The van der Waals surface area contributed by atoms with Gasteiger partial charge in [0.05, 0.1) is 10.0 Å². The van der Waals surface area contributed by atoms with Crippen LogP contribution in [0.1, 0.15) is 16.7 Å². The van der Waals surface area contributed by atoms with Crippen molar-refractivity contribution in [1.82, 2.24) is 0 Å². The van der Waals surface area contributed by atoms with Gasteiger partial charge in [0.25, 0.3) is 0 Å². The van der Waals surface area contributed by atoms with Crippen LogP contribution in [0.5, 0.6) is 17.2 Å². The van der Waals surface area contributed by atoms with E-state index in [4.69, 9.17) is 60.6 Å². The molecule has 33 heavy (non-hydrogen) atoms. The molecule has 170 valence electrons. The number of rotatable bonds is 7. The van der Waals surface area contributed by atoms with E-state index >= 15 is 0 Å². The molecule has 0 saturated carbocycles. The van der Waals surface area contributed by atoms with Crippen molar-refractivity contribution in [2.45, 2.75) is 13.0 Å². The van der Waals surface area contributed by atoms with Crippen molar-refractivity contribution in [3.8, 4) is 17.2 Å². The van der Waals surface area contributed by atoms with Gasteiger partial charge in [0.15, 0.2) is 17.2 Å². The molecule has 5 nitrogen and oxygen atoms in total. The lowest BCUT2D eigenvalue weighted by molar-refractivity contribution is -0.132. The van der Waals surface area contributed by atoms with Gasteiger partial charge < -0.3 is 19.3 Å². The fourth-order valence-electron chi connectivity index (χ4n) is 3.28. The van der Waals surface area contributed by atoms with Crippen LogP contribution in [0.3, 0.4) is 0 Å². The maximum atomic E-state index is 11.9. The quantitative estimate of drug-likeness (QED) is 0.327. The van der Waals surface area contributed by atoms with E-state index in [1.807, 2.05) is 0 Å². The van der Waals surface area contributed by atoms with Crippen LogP contribution in [0.4, 0.5) is 0 Å². The number of hydrogen-bond donors (Lipinski definition) is 1. The summed E-state index contributed by atoms with van der Waals surface area (Å²) < 4.78 is 16.4. The van der Waals surface area contributed by atoms with Gasteiger partial charge in [-0.3, -0.25) is 0 Å². The third kappa shape index (κ3) is 5.50. The highest BCUT2D eigenvalue weighted by atomic mass is 35.5. The first-order valence-corrected chi connectivity index (χ1v) is 11.2. The minimum Gasteiger partial charge on any atom is -0.486 e. The van der Waals surface area contributed by atoms with Gasteiger partial charge in [-0.15, -0.1) is 0 Å². The Labute approximate surface area is 210 Å². The molecular weight excluding hydrogens is 510 g/mol. The van der Waals surface area contributed by atoms with Crippen molar-refractivity contribution in [1.29, 1.82) is 0 Å². The highest BCUT2D eigenvalue weighted by molar-refractivity contribution is 6.37. The molecule has 0 fully saturated rings. The van der Waals surface area contributed by atoms with Gasteiger partial charge in [-0.2, -0.15) is 0 Å². The van der Waals surface area contributed by atoms with Crippen molar-refractivity contribution in [2.75, 3.05) is 6.79 Å². The van der Waals surface area contributed by atoms with E-state index in [0.29, 0.717) is 32.7 Å². The average Bonchev–Trinajstić information content (AvgIpc) is 3.22. The molecule has 1 N–H and O–H groups in total. The third-order valence-electron chi connectivity index (χ3n) is 4.89. The van der Waals surface area contributed by atoms with Crippen molar-refractivity contribution in [3.63, 3.8) is 0 Å². The minimum absolute atomic E-state index is 0.0671. The van der Waals surface area contributed by atoms with Crippen molar-refractivity contribution >= 4 is 58.4 Å². The molecule has 0 atom stereocenters. The third-order valence-corrected chi connectivity index (χ3v) is 6.16. The van der Waals surface area contributed by atoms with Gasteiger partial charge in [-0.25, -0.2) is 4.79 Å². The van der Waals surface area contributed by atoms with E-state index in [1.165, 1.54) is 6.08 Å². The van der Waals surface area contributed by atoms with Crippen LogP contribution in [-0.2, 0) is 17.8 Å². The van der Waals surface area contributed by atoms with Gasteiger partial charge in [0.2, 0.25) is 6.79 Å². The maximum absolute atomic E-state index is 11.9. The molecule has 1 heterocycles. The second-order valence-corrected chi connectivity index (χ2v) is 8.77. The second kappa shape index (κ2) is 10.1. The molecule has 0 unspecified atom stereocenters. The number of aliphatic carboxylic acids is 1. The Hall–Kier alpha value is -2.57. The number of carbonyl (C=O) groups is 1. The Morgan fingerprint density at radius 2 is 1.61 bits per heavy atom. The van der Waals surface area contributed by atoms with Crippen molar-refractivity contribution < 1.29 is 24.1 Å². The molecule has 3 aromatic rings. The summed E-state index contributed by atoms with van der Waals surface area (Å²) in [4.78, 5) is 11.9. The first kappa shape index (κ1) is 23.6. The van der Waals surface area contributed by atoms with Crippen molar-refractivity contribution in [2.24, 2.45) is 0 Å². The molecule has 1 aliphatic rings. The van der Waals surface area contributed by atoms with Gasteiger partial charge in [-0.1, -0.05) is 58.5 Å². The normalized spacial score (nSPS) is 12.7. The van der Waals surface area contributed by atoms with E-state index in [9.17, 15) is 9.90 Å². The van der Waals surface area contributed by atoms with E-state index in [-0.39, 0.29) is 41.2 Å². The molecule has 0 saturated heterocycles. The zero-order valence-electron chi connectivity index (χ0n) is 16.9. The summed E-state index contributed by atoms with van der Waals surface area (Å²) in [5.74, 6) is 0.406. The van der Waals surface area contributed by atoms with Crippen LogP contribution < -0.4 is 14.2 Å². The Morgan fingerprint density at radius 3 is 2.27 bits per heavy atom. The Balaban J connectivity index is 1.55. The lowest BCUT2D eigenvalue weighted by atomic mass is 10.0. The van der Waals surface area contributed by atoms with Crippen LogP contribution in [0.25, 0.3) is 6.08 Å². The Kier molecular flexibility index (Phi) is 7.25. The molecule has 0 amide bonds. The molecule has 0 radical (unpaired) electrons. The topological polar surface area (TPSA) is 65.0 Å². The number of carboxylic acids is 1. The van der Waals surface area contributed by atoms with Gasteiger partial charge in [0.1, 0.15) is 6.61 Å². The Morgan fingerprint density at radius 1 is 0.939 bits per heavy atom. The minimum atomic E-state index is -1.06. The predicted octanol–water partition coefficient (Wildman–Crippen LogP) is 7.32. The highest BCUT2D eigenvalue weighted by Crippen LogP contribution is 2.37. The monoisotopic (exact) mass is 524 g/mol. The molecule has 0 aliphatic carbocycles. The predicted molar refractivity (Wildman–Crippen MR) is 129 cm³/mol. The molecule has 3 aromatic carbocycles. The zero-order valence-corrected chi connectivity index (χ0v) is 19.9. The smallest absolute Gasteiger partial charge is 0.331 e. The van der Waals surface area contributed by atoms with E-state index in [0.717, 1.165) is 5.56 Å². The summed E-state index contributed by atoms with van der Waals surface area (Å²) in [5.41, 5.74) is 2.04. The first-order chi connectivity index (χ1) is 15.8. The summed E-state index contributed by atoms with van der Waals surface area (Å²) >= 11 is 25.1. The highest BCUT2D eigenvalue weighted by Gasteiger charge is 2.17. The zero-order chi connectivity index (χ0) is 23.5. The Bertz CT molecular complexity index is 1210.